The second-order valence-corrected chi connectivity index (χ2v) is 5.71. The number of esters is 1. The fourth-order valence-corrected chi connectivity index (χ4v) is 2.37. The van der Waals surface area contributed by atoms with Crippen molar-refractivity contribution in [2.75, 3.05) is 14.2 Å². The first-order valence-electron chi connectivity index (χ1n) is 8.32. The average Bonchev–Trinajstić information content (AvgIpc) is 2.71. The van der Waals surface area contributed by atoms with Gasteiger partial charge in [-0.15, -0.1) is 0 Å². The van der Waals surface area contributed by atoms with Gasteiger partial charge in [-0.3, -0.25) is 0 Å². The molecule has 2 aromatic carbocycles. The molecule has 0 heterocycles. The van der Waals surface area contributed by atoms with Crippen LogP contribution in [0, 0.1) is 0 Å². The third kappa shape index (κ3) is 5.74. The van der Waals surface area contributed by atoms with Gasteiger partial charge in [-0.25, -0.2) is 4.79 Å². The monoisotopic (exact) mass is 405 g/mol. The van der Waals surface area contributed by atoms with Crippen LogP contribution in [0.5, 0.6) is 0 Å². The van der Waals surface area contributed by atoms with Crippen LogP contribution in [-0.2, 0) is 20.5 Å². The second-order valence-electron chi connectivity index (χ2n) is 5.71. The molecule has 0 aliphatic carbocycles. The van der Waals surface area contributed by atoms with Gasteiger partial charge in [0.2, 0.25) is 0 Å². The summed E-state index contributed by atoms with van der Waals surface area (Å²) < 4.78 is 43.3. The Morgan fingerprint density at radius 1 is 1.07 bits per heavy atom. The number of ether oxygens (including phenoxy) is 1. The summed E-state index contributed by atoms with van der Waals surface area (Å²) in [6.45, 7) is 1.55. The number of methoxy groups -OCH3 is 1. The maximum Gasteiger partial charge on any atom is 0.416 e. The van der Waals surface area contributed by atoms with E-state index in [1.165, 1.54) is 32.6 Å². The Hall–Kier alpha value is -3.49. The number of oxime groups is 1. The lowest BCUT2D eigenvalue weighted by Gasteiger charge is -2.08. The Bertz CT molecular complexity index is 967. The van der Waals surface area contributed by atoms with Gasteiger partial charge in [0, 0.05) is 11.1 Å². The molecule has 29 heavy (non-hydrogen) atoms. The highest BCUT2D eigenvalue weighted by Gasteiger charge is 2.30. The summed E-state index contributed by atoms with van der Waals surface area (Å²) in [5.41, 5.74) is 0.657. The van der Waals surface area contributed by atoms with E-state index in [0.29, 0.717) is 22.4 Å². The van der Waals surface area contributed by atoms with Gasteiger partial charge in [0.15, 0.2) is 5.71 Å². The Morgan fingerprint density at radius 3 is 2.45 bits per heavy atom. The van der Waals surface area contributed by atoms with Crippen LogP contribution in [0.4, 0.5) is 13.2 Å². The van der Waals surface area contributed by atoms with E-state index in [4.69, 9.17) is 9.57 Å². The highest BCUT2D eigenvalue weighted by Crippen LogP contribution is 2.29. The Morgan fingerprint density at radius 2 is 1.79 bits per heavy atom. The first-order chi connectivity index (χ1) is 13.8. The number of hydrogen-bond acceptors (Lipinski definition) is 6. The molecule has 0 amide bonds. The van der Waals surface area contributed by atoms with Crippen molar-refractivity contribution in [2.24, 2.45) is 15.4 Å². The van der Waals surface area contributed by atoms with Crippen molar-refractivity contribution in [3.63, 3.8) is 0 Å². The predicted octanol–water partition coefficient (Wildman–Crippen LogP) is 4.07. The van der Waals surface area contributed by atoms with Gasteiger partial charge in [0.25, 0.3) is 0 Å². The highest BCUT2D eigenvalue weighted by molar-refractivity contribution is 6.44. The highest BCUT2D eigenvalue weighted by atomic mass is 19.4. The van der Waals surface area contributed by atoms with Gasteiger partial charge in [0.1, 0.15) is 7.11 Å². The van der Waals surface area contributed by atoms with Gasteiger partial charge < -0.3 is 9.57 Å². The summed E-state index contributed by atoms with van der Waals surface area (Å²) in [6.07, 6.45) is -3.08. The number of alkyl halides is 3. The van der Waals surface area contributed by atoms with Gasteiger partial charge in [-0.2, -0.15) is 23.4 Å². The molecule has 6 nitrogen and oxygen atoms in total. The number of carbonyl (C=O) groups is 1. The van der Waals surface area contributed by atoms with E-state index in [2.05, 4.69) is 15.4 Å². The largest absolute Gasteiger partial charge is 0.464 e. The zero-order valence-corrected chi connectivity index (χ0v) is 15.9. The number of halogens is 3. The van der Waals surface area contributed by atoms with E-state index in [0.717, 1.165) is 12.1 Å². The molecule has 0 atom stereocenters. The van der Waals surface area contributed by atoms with Crippen LogP contribution >= 0.6 is 0 Å². The van der Waals surface area contributed by atoms with E-state index in [9.17, 15) is 18.0 Å². The van der Waals surface area contributed by atoms with Crippen molar-refractivity contribution < 1.29 is 27.5 Å². The summed E-state index contributed by atoms with van der Waals surface area (Å²) in [6, 6.07) is 11.5. The third-order valence-corrected chi connectivity index (χ3v) is 3.79. The Labute approximate surface area is 165 Å². The van der Waals surface area contributed by atoms with Crippen molar-refractivity contribution in [3.05, 3.63) is 70.8 Å². The molecule has 0 aliphatic rings. The van der Waals surface area contributed by atoms with Crippen LogP contribution in [0.3, 0.4) is 0 Å². The summed E-state index contributed by atoms with van der Waals surface area (Å²) in [4.78, 5) is 16.6. The summed E-state index contributed by atoms with van der Waals surface area (Å²) in [5, 5.41) is 11.6. The topological polar surface area (TPSA) is 72.6 Å². The van der Waals surface area contributed by atoms with Crippen LogP contribution in [0.15, 0.2) is 63.9 Å². The van der Waals surface area contributed by atoms with E-state index >= 15 is 0 Å². The molecule has 152 valence electrons. The zero-order valence-electron chi connectivity index (χ0n) is 15.9. The van der Waals surface area contributed by atoms with Crippen LogP contribution in [0.2, 0.25) is 0 Å². The number of benzene rings is 2. The maximum absolute atomic E-state index is 12.9. The number of carbonyl (C=O) groups excluding carboxylic acids is 1. The molecule has 0 saturated carbocycles. The summed E-state index contributed by atoms with van der Waals surface area (Å²) in [7, 11) is 2.51. The molecule has 9 heteroatoms. The lowest BCUT2D eigenvalue weighted by atomic mass is 10.0. The molecule has 0 bridgehead atoms. The molecule has 2 aromatic rings. The van der Waals surface area contributed by atoms with Crippen LogP contribution < -0.4 is 0 Å². The van der Waals surface area contributed by atoms with Crippen molar-refractivity contribution in [2.45, 2.75) is 13.1 Å². The Kier molecular flexibility index (Phi) is 7.24. The summed E-state index contributed by atoms with van der Waals surface area (Å²) >= 11 is 0. The molecule has 0 spiro atoms. The smallest absolute Gasteiger partial charge is 0.416 e. The number of nitrogens with zero attached hydrogens (tertiary/aromatic N) is 3. The van der Waals surface area contributed by atoms with Crippen LogP contribution in [-0.4, -0.2) is 37.8 Å². The van der Waals surface area contributed by atoms with Gasteiger partial charge in [-0.1, -0.05) is 41.6 Å². The first kappa shape index (κ1) is 21.8. The van der Waals surface area contributed by atoms with Gasteiger partial charge in [0.05, 0.1) is 24.6 Å². The molecular weight excluding hydrogens is 387 g/mol. The molecule has 0 unspecified atom stereocenters. The van der Waals surface area contributed by atoms with Crippen LogP contribution in [0.25, 0.3) is 0 Å². The lowest BCUT2D eigenvalue weighted by molar-refractivity contribution is -0.137. The van der Waals surface area contributed by atoms with Crippen molar-refractivity contribution in [1.82, 2.24) is 0 Å². The second kappa shape index (κ2) is 9.63. The molecule has 0 aromatic heterocycles. The van der Waals surface area contributed by atoms with E-state index in [-0.39, 0.29) is 5.71 Å². The Balaban J connectivity index is 2.34. The van der Waals surface area contributed by atoms with E-state index < -0.39 is 17.7 Å². The summed E-state index contributed by atoms with van der Waals surface area (Å²) in [5.74, 6) is -0.698. The molecule has 2 rings (SSSR count). The standard InChI is InChI=1S/C20H18F3N3O3/c1-13(14-8-6-9-16(11-14)20(21,22)23)25-24-12-15-7-4-5-10-17(15)18(26-29-3)19(27)28-2/h4-12H,1-3H3. The molecule has 0 fully saturated rings. The molecule has 0 radical (unpaired) electrons. The minimum Gasteiger partial charge on any atom is -0.464 e. The van der Waals surface area contributed by atoms with Crippen molar-refractivity contribution >= 4 is 23.6 Å². The normalized spacial score (nSPS) is 12.9. The number of hydrogen-bond donors (Lipinski definition) is 0. The predicted molar refractivity (Wildman–Crippen MR) is 103 cm³/mol. The average molecular weight is 405 g/mol. The van der Waals surface area contributed by atoms with Crippen molar-refractivity contribution in [1.29, 1.82) is 0 Å². The molecular formula is C20H18F3N3O3. The number of rotatable bonds is 6. The molecule has 0 aliphatic heterocycles. The lowest BCUT2D eigenvalue weighted by Crippen LogP contribution is -2.19. The van der Waals surface area contributed by atoms with Gasteiger partial charge in [-0.05, 0) is 24.6 Å². The van der Waals surface area contributed by atoms with E-state index in [1.54, 1.807) is 31.2 Å². The SMILES string of the molecule is CON=C(C(=O)OC)c1ccccc1C=NN=C(C)c1cccc(C(F)(F)F)c1. The minimum atomic E-state index is -4.44. The van der Waals surface area contributed by atoms with Crippen LogP contribution in [0.1, 0.15) is 29.2 Å². The third-order valence-electron chi connectivity index (χ3n) is 3.79. The fourth-order valence-electron chi connectivity index (χ4n) is 2.37. The maximum atomic E-state index is 12.9. The minimum absolute atomic E-state index is 0.0596. The quantitative estimate of drug-likeness (QED) is 0.413. The van der Waals surface area contributed by atoms with E-state index in [1.807, 2.05) is 0 Å². The first-order valence-corrected chi connectivity index (χ1v) is 8.32. The fraction of sp³-hybridized carbons (Fsp3) is 0.200. The van der Waals surface area contributed by atoms with Gasteiger partial charge >= 0.3 is 12.1 Å². The zero-order chi connectivity index (χ0) is 21.4. The molecule has 0 saturated heterocycles. The molecule has 0 N–H and O–H groups in total. The van der Waals surface area contributed by atoms with Crippen molar-refractivity contribution in [3.8, 4) is 0 Å².